The Balaban J connectivity index is 1.92. The van der Waals surface area contributed by atoms with Gasteiger partial charge in [-0.05, 0) is 48.0 Å². The first kappa shape index (κ1) is 16.1. The molecule has 0 saturated carbocycles. The Labute approximate surface area is 132 Å². The van der Waals surface area contributed by atoms with Crippen LogP contribution in [-0.4, -0.2) is 17.1 Å². The molecule has 0 unspecified atom stereocenters. The molecule has 23 heavy (non-hydrogen) atoms. The second-order valence-electron chi connectivity index (χ2n) is 4.63. The van der Waals surface area contributed by atoms with Gasteiger partial charge in [0.1, 0.15) is 0 Å². The van der Waals surface area contributed by atoms with Crippen molar-refractivity contribution in [2.75, 3.05) is 16.4 Å². The van der Waals surface area contributed by atoms with E-state index in [2.05, 4.69) is 10.6 Å². The number of nitrogens with one attached hydrogen (secondary N) is 3. The van der Waals surface area contributed by atoms with Gasteiger partial charge in [0.05, 0.1) is 0 Å². The van der Waals surface area contributed by atoms with E-state index >= 15 is 0 Å². The summed E-state index contributed by atoms with van der Waals surface area (Å²) < 4.78 is 0. The van der Waals surface area contributed by atoms with Gasteiger partial charge in [0.15, 0.2) is 0 Å². The Hall–Kier alpha value is -3.32. The van der Waals surface area contributed by atoms with E-state index in [9.17, 15) is 9.59 Å². The van der Waals surface area contributed by atoms with Crippen molar-refractivity contribution in [3.63, 3.8) is 0 Å². The molecule has 7 nitrogen and oxygen atoms in total. The second-order valence-corrected chi connectivity index (χ2v) is 4.63. The Morgan fingerprint density at radius 2 is 1.43 bits per heavy atom. The molecule has 6 N–H and O–H groups in total. The average Bonchev–Trinajstić information content (AvgIpc) is 2.56. The molecule has 0 spiro atoms. The fourth-order valence-electron chi connectivity index (χ4n) is 1.75. The van der Waals surface area contributed by atoms with Crippen LogP contribution < -0.4 is 21.8 Å². The molecule has 0 saturated heterocycles. The monoisotopic (exact) mass is 312 g/mol. The highest BCUT2D eigenvalue weighted by molar-refractivity contribution is 5.99. The van der Waals surface area contributed by atoms with Crippen LogP contribution in [0.5, 0.6) is 0 Å². The zero-order valence-corrected chi connectivity index (χ0v) is 12.1. The van der Waals surface area contributed by atoms with Gasteiger partial charge in [0.2, 0.25) is 0 Å². The largest absolute Gasteiger partial charge is 0.399 e. The molecule has 0 aromatic heterocycles. The van der Waals surface area contributed by atoms with Crippen molar-refractivity contribution in [1.29, 1.82) is 0 Å². The number of nitrogen functional groups attached to an aromatic ring is 1. The van der Waals surface area contributed by atoms with Crippen LogP contribution in [0.3, 0.4) is 0 Å². The van der Waals surface area contributed by atoms with Gasteiger partial charge in [0.25, 0.3) is 5.91 Å². The highest BCUT2D eigenvalue weighted by Crippen LogP contribution is 2.13. The van der Waals surface area contributed by atoms with Gasteiger partial charge in [-0.3, -0.25) is 10.0 Å². The Bertz CT molecular complexity index is 709. The summed E-state index contributed by atoms with van der Waals surface area (Å²) in [5, 5.41) is 13.7. The topological polar surface area (TPSA) is 116 Å². The summed E-state index contributed by atoms with van der Waals surface area (Å²) in [6.07, 6.45) is 2.72. The Morgan fingerprint density at radius 3 is 1.96 bits per heavy atom. The molecule has 0 heterocycles. The minimum absolute atomic E-state index is 0.377. The number of nitrogens with two attached hydrogens (primary N) is 1. The summed E-state index contributed by atoms with van der Waals surface area (Å²) in [7, 11) is 0. The molecule has 0 radical (unpaired) electrons. The normalized spacial score (nSPS) is 10.3. The SMILES string of the molecule is Nc1ccc(NC(=O)Nc2ccc(/C=C/C(=O)NO)cc2)cc1. The van der Waals surface area contributed by atoms with Gasteiger partial charge < -0.3 is 16.4 Å². The molecule has 0 aliphatic carbocycles. The van der Waals surface area contributed by atoms with Crippen molar-refractivity contribution >= 4 is 35.1 Å². The van der Waals surface area contributed by atoms with Crippen LogP contribution in [0.4, 0.5) is 21.9 Å². The summed E-state index contributed by atoms with van der Waals surface area (Å²) in [5.74, 6) is -0.616. The molecule has 0 bridgehead atoms. The van der Waals surface area contributed by atoms with Crippen molar-refractivity contribution in [3.05, 3.63) is 60.2 Å². The van der Waals surface area contributed by atoms with Crippen molar-refractivity contribution in [2.24, 2.45) is 0 Å². The highest BCUT2D eigenvalue weighted by Gasteiger charge is 2.02. The summed E-state index contributed by atoms with van der Waals surface area (Å²) in [6, 6.07) is 13.2. The van der Waals surface area contributed by atoms with Crippen LogP contribution in [-0.2, 0) is 4.79 Å². The molecule has 2 aromatic carbocycles. The minimum atomic E-state index is -0.616. The summed E-state index contributed by atoms with van der Waals surface area (Å²) in [5.41, 5.74) is 9.67. The van der Waals surface area contributed by atoms with Crippen LogP contribution >= 0.6 is 0 Å². The number of anilines is 3. The summed E-state index contributed by atoms with van der Waals surface area (Å²) in [6.45, 7) is 0. The van der Waals surface area contributed by atoms with Crippen molar-refractivity contribution in [2.45, 2.75) is 0 Å². The standard InChI is InChI=1S/C16H16N4O3/c17-12-4-8-14(9-5-12)19-16(22)18-13-6-1-11(2-7-13)3-10-15(21)20-23/h1-10,23H,17H2,(H,20,21)(H2,18,19,22)/b10-3+. The molecule has 2 rings (SSSR count). The highest BCUT2D eigenvalue weighted by atomic mass is 16.5. The van der Waals surface area contributed by atoms with E-state index in [4.69, 9.17) is 10.9 Å². The van der Waals surface area contributed by atoms with Gasteiger partial charge in [-0.15, -0.1) is 0 Å². The number of rotatable bonds is 4. The average molecular weight is 312 g/mol. The van der Waals surface area contributed by atoms with Crippen molar-refractivity contribution in [1.82, 2.24) is 5.48 Å². The molecule has 2 aromatic rings. The first-order valence-electron chi connectivity index (χ1n) is 6.72. The van der Waals surface area contributed by atoms with E-state index in [0.29, 0.717) is 17.1 Å². The number of hydrogen-bond donors (Lipinski definition) is 5. The fraction of sp³-hybridized carbons (Fsp3) is 0. The van der Waals surface area contributed by atoms with E-state index in [-0.39, 0.29) is 6.03 Å². The van der Waals surface area contributed by atoms with Crippen molar-refractivity contribution in [3.8, 4) is 0 Å². The molecule has 0 fully saturated rings. The van der Waals surface area contributed by atoms with Gasteiger partial charge in [-0.2, -0.15) is 0 Å². The lowest BCUT2D eigenvalue weighted by Crippen LogP contribution is -2.19. The molecule has 3 amide bonds. The number of carbonyl (C=O) groups is 2. The predicted octanol–water partition coefficient (Wildman–Crippen LogP) is 2.43. The molecule has 118 valence electrons. The van der Waals surface area contributed by atoms with Gasteiger partial charge in [-0.1, -0.05) is 12.1 Å². The number of amides is 3. The smallest absolute Gasteiger partial charge is 0.323 e. The third kappa shape index (κ3) is 5.18. The van der Waals surface area contributed by atoms with Crippen LogP contribution in [0.1, 0.15) is 5.56 Å². The number of hydroxylamine groups is 1. The molecule has 0 aliphatic heterocycles. The Kier molecular flexibility index (Phi) is 5.32. The third-order valence-corrected chi connectivity index (χ3v) is 2.87. The molecular weight excluding hydrogens is 296 g/mol. The van der Waals surface area contributed by atoms with E-state index in [1.807, 2.05) is 0 Å². The van der Waals surface area contributed by atoms with Gasteiger partial charge in [0, 0.05) is 23.1 Å². The van der Waals surface area contributed by atoms with E-state index in [0.717, 1.165) is 5.56 Å². The number of hydrogen-bond acceptors (Lipinski definition) is 4. The van der Waals surface area contributed by atoms with E-state index in [1.165, 1.54) is 17.6 Å². The molecular formula is C16H16N4O3. The fourth-order valence-corrected chi connectivity index (χ4v) is 1.75. The zero-order chi connectivity index (χ0) is 16.7. The maximum Gasteiger partial charge on any atom is 0.323 e. The zero-order valence-electron chi connectivity index (χ0n) is 12.1. The second kappa shape index (κ2) is 7.62. The molecule has 0 atom stereocenters. The quantitative estimate of drug-likeness (QED) is 0.258. The third-order valence-electron chi connectivity index (χ3n) is 2.87. The maximum atomic E-state index is 11.9. The van der Waals surface area contributed by atoms with E-state index in [1.54, 1.807) is 48.5 Å². The first-order chi connectivity index (χ1) is 11.1. The summed E-state index contributed by atoms with van der Waals surface area (Å²) >= 11 is 0. The van der Waals surface area contributed by atoms with Gasteiger partial charge >= 0.3 is 6.03 Å². The lowest BCUT2D eigenvalue weighted by Gasteiger charge is -2.08. The Morgan fingerprint density at radius 1 is 0.913 bits per heavy atom. The van der Waals surface area contributed by atoms with Crippen LogP contribution in [0, 0.1) is 0 Å². The van der Waals surface area contributed by atoms with Crippen LogP contribution in [0.25, 0.3) is 6.08 Å². The van der Waals surface area contributed by atoms with Crippen LogP contribution in [0.2, 0.25) is 0 Å². The van der Waals surface area contributed by atoms with E-state index < -0.39 is 5.91 Å². The maximum absolute atomic E-state index is 11.9. The number of benzene rings is 2. The minimum Gasteiger partial charge on any atom is -0.399 e. The summed E-state index contributed by atoms with van der Waals surface area (Å²) in [4.78, 5) is 22.7. The predicted molar refractivity (Wildman–Crippen MR) is 88.9 cm³/mol. The van der Waals surface area contributed by atoms with Gasteiger partial charge in [-0.25, -0.2) is 10.3 Å². The molecule has 7 heteroatoms. The lowest BCUT2D eigenvalue weighted by atomic mass is 10.2. The first-order valence-corrected chi connectivity index (χ1v) is 6.72. The van der Waals surface area contributed by atoms with Crippen LogP contribution in [0.15, 0.2) is 54.6 Å². The number of carbonyl (C=O) groups excluding carboxylic acids is 2. The lowest BCUT2D eigenvalue weighted by molar-refractivity contribution is -0.124. The number of urea groups is 1. The van der Waals surface area contributed by atoms with Crippen molar-refractivity contribution < 1.29 is 14.8 Å². The molecule has 0 aliphatic rings.